The van der Waals surface area contributed by atoms with E-state index in [0.717, 1.165) is 11.1 Å². The molecule has 2 aromatic rings. The molecule has 0 aliphatic carbocycles. The van der Waals surface area contributed by atoms with Gasteiger partial charge in [0, 0.05) is 5.56 Å². The van der Waals surface area contributed by atoms with E-state index in [4.69, 9.17) is 0 Å². The van der Waals surface area contributed by atoms with Crippen LogP contribution < -0.4 is 0 Å². The van der Waals surface area contributed by atoms with Crippen molar-refractivity contribution in [2.24, 2.45) is 0 Å². The summed E-state index contributed by atoms with van der Waals surface area (Å²) in [5.74, 6) is -0.128. The minimum absolute atomic E-state index is 0.0479. The van der Waals surface area contributed by atoms with E-state index in [9.17, 15) is 10.2 Å². The smallest absolute Gasteiger partial charge is 0.165 e. The Kier molecular flexibility index (Phi) is 2.80. The first-order valence-electron chi connectivity index (χ1n) is 5.60. The molecule has 2 rings (SSSR count). The molecule has 0 spiro atoms. The van der Waals surface area contributed by atoms with Crippen molar-refractivity contribution in [1.82, 2.24) is 0 Å². The molecular formula is C15H16O2. The average Bonchev–Trinajstić information content (AvgIpc) is 2.29. The standard InChI is InChI=1S/C15H16O2/c1-9-4-6-12(8-11(9)3)14-10(2)5-7-13(16)15(14)17/h4-8,16-17H,1-3H3. The Hall–Kier alpha value is -1.96. The summed E-state index contributed by atoms with van der Waals surface area (Å²) in [5.41, 5.74) is 4.96. The van der Waals surface area contributed by atoms with Gasteiger partial charge in [0.15, 0.2) is 11.5 Å². The molecule has 0 fully saturated rings. The summed E-state index contributed by atoms with van der Waals surface area (Å²) in [6.45, 7) is 6.01. The first kappa shape index (κ1) is 11.5. The van der Waals surface area contributed by atoms with Gasteiger partial charge in [0.05, 0.1) is 0 Å². The highest BCUT2D eigenvalue weighted by Gasteiger charge is 2.12. The van der Waals surface area contributed by atoms with Crippen LogP contribution in [0.2, 0.25) is 0 Å². The zero-order chi connectivity index (χ0) is 12.6. The maximum Gasteiger partial charge on any atom is 0.165 e. The van der Waals surface area contributed by atoms with Crippen LogP contribution in [0.1, 0.15) is 16.7 Å². The maximum absolute atomic E-state index is 9.94. The molecule has 0 saturated heterocycles. The molecule has 0 aliphatic heterocycles. The maximum atomic E-state index is 9.94. The van der Waals surface area contributed by atoms with Crippen molar-refractivity contribution in [3.63, 3.8) is 0 Å². The molecule has 2 aromatic carbocycles. The van der Waals surface area contributed by atoms with Crippen LogP contribution in [-0.4, -0.2) is 10.2 Å². The van der Waals surface area contributed by atoms with Gasteiger partial charge in [0.2, 0.25) is 0 Å². The topological polar surface area (TPSA) is 40.5 Å². The fraction of sp³-hybridized carbons (Fsp3) is 0.200. The van der Waals surface area contributed by atoms with E-state index in [1.807, 2.05) is 39.0 Å². The van der Waals surface area contributed by atoms with Crippen LogP contribution in [0, 0.1) is 20.8 Å². The number of hydrogen-bond donors (Lipinski definition) is 2. The van der Waals surface area contributed by atoms with Crippen molar-refractivity contribution in [1.29, 1.82) is 0 Å². The number of rotatable bonds is 1. The predicted octanol–water partition coefficient (Wildman–Crippen LogP) is 3.69. The molecule has 2 nitrogen and oxygen atoms in total. The minimum Gasteiger partial charge on any atom is -0.504 e. The Labute approximate surface area is 101 Å². The zero-order valence-electron chi connectivity index (χ0n) is 10.3. The first-order chi connectivity index (χ1) is 8.00. The lowest BCUT2D eigenvalue weighted by molar-refractivity contribution is 0.405. The van der Waals surface area contributed by atoms with Crippen molar-refractivity contribution in [2.75, 3.05) is 0 Å². The second-order valence-electron chi connectivity index (χ2n) is 4.42. The second-order valence-corrected chi connectivity index (χ2v) is 4.42. The van der Waals surface area contributed by atoms with E-state index >= 15 is 0 Å². The van der Waals surface area contributed by atoms with Gasteiger partial charge in [-0.1, -0.05) is 24.3 Å². The zero-order valence-corrected chi connectivity index (χ0v) is 10.3. The van der Waals surface area contributed by atoms with E-state index in [1.165, 1.54) is 17.2 Å². The number of hydrogen-bond acceptors (Lipinski definition) is 2. The second kappa shape index (κ2) is 4.13. The third kappa shape index (κ3) is 1.98. The summed E-state index contributed by atoms with van der Waals surface area (Å²) in [7, 11) is 0. The van der Waals surface area contributed by atoms with E-state index < -0.39 is 0 Å². The van der Waals surface area contributed by atoms with Crippen LogP contribution >= 0.6 is 0 Å². The summed E-state index contributed by atoms with van der Waals surface area (Å²) in [4.78, 5) is 0. The van der Waals surface area contributed by atoms with Gasteiger partial charge in [0.1, 0.15) is 0 Å². The summed E-state index contributed by atoms with van der Waals surface area (Å²) in [5, 5.41) is 19.5. The Morgan fingerprint density at radius 3 is 2.06 bits per heavy atom. The van der Waals surface area contributed by atoms with Crippen molar-refractivity contribution in [3.8, 4) is 22.6 Å². The van der Waals surface area contributed by atoms with Gasteiger partial charge in [-0.15, -0.1) is 0 Å². The fourth-order valence-corrected chi connectivity index (χ4v) is 1.94. The monoisotopic (exact) mass is 228 g/mol. The van der Waals surface area contributed by atoms with Gasteiger partial charge in [-0.05, 0) is 49.1 Å². The molecule has 0 unspecified atom stereocenters. The van der Waals surface area contributed by atoms with Crippen LogP contribution in [0.25, 0.3) is 11.1 Å². The summed E-state index contributed by atoms with van der Waals surface area (Å²) >= 11 is 0. The van der Waals surface area contributed by atoms with Crippen LogP contribution in [0.5, 0.6) is 11.5 Å². The molecule has 2 heteroatoms. The molecule has 17 heavy (non-hydrogen) atoms. The van der Waals surface area contributed by atoms with Crippen LogP contribution in [-0.2, 0) is 0 Å². The lowest BCUT2D eigenvalue weighted by Gasteiger charge is -2.11. The number of aryl methyl sites for hydroxylation is 3. The van der Waals surface area contributed by atoms with Crippen molar-refractivity contribution < 1.29 is 10.2 Å². The Bertz CT molecular complexity index is 571. The van der Waals surface area contributed by atoms with Crippen LogP contribution in [0.15, 0.2) is 30.3 Å². The SMILES string of the molecule is Cc1ccc(-c2c(C)ccc(O)c2O)cc1C. The van der Waals surface area contributed by atoms with E-state index in [1.54, 1.807) is 6.07 Å². The molecule has 88 valence electrons. The largest absolute Gasteiger partial charge is 0.504 e. The van der Waals surface area contributed by atoms with Gasteiger partial charge in [-0.2, -0.15) is 0 Å². The van der Waals surface area contributed by atoms with Crippen molar-refractivity contribution in [3.05, 3.63) is 47.0 Å². The van der Waals surface area contributed by atoms with Crippen molar-refractivity contribution >= 4 is 0 Å². The summed E-state index contributed by atoms with van der Waals surface area (Å²) < 4.78 is 0. The predicted molar refractivity (Wildman–Crippen MR) is 69.4 cm³/mol. The van der Waals surface area contributed by atoms with Gasteiger partial charge >= 0.3 is 0 Å². The molecule has 0 aromatic heterocycles. The lowest BCUT2D eigenvalue weighted by atomic mass is 9.96. The van der Waals surface area contributed by atoms with E-state index in [-0.39, 0.29) is 11.5 Å². The number of benzene rings is 2. The molecule has 0 radical (unpaired) electrons. The highest BCUT2D eigenvalue weighted by atomic mass is 16.3. The molecule has 0 saturated carbocycles. The summed E-state index contributed by atoms with van der Waals surface area (Å²) in [6, 6.07) is 9.32. The fourth-order valence-electron chi connectivity index (χ4n) is 1.94. The van der Waals surface area contributed by atoms with Crippen LogP contribution in [0.4, 0.5) is 0 Å². The highest BCUT2D eigenvalue weighted by Crippen LogP contribution is 2.39. The van der Waals surface area contributed by atoms with Crippen LogP contribution in [0.3, 0.4) is 0 Å². The molecule has 0 amide bonds. The molecule has 0 atom stereocenters. The molecule has 0 heterocycles. The Morgan fingerprint density at radius 1 is 0.765 bits per heavy atom. The number of phenolic OH excluding ortho intramolecular Hbond substituents is 2. The first-order valence-corrected chi connectivity index (χ1v) is 5.60. The van der Waals surface area contributed by atoms with Gasteiger partial charge in [0.25, 0.3) is 0 Å². The lowest BCUT2D eigenvalue weighted by Crippen LogP contribution is -1.87. The Morgan fingerprint density at radius 2 is 1.41 bits per heavy atom. The van der Waals surface area contributed by atoms with E-state index in [0.29, 0.717) is 5.56 Å². The highest BCUT2D eigenvalue weighted by molar-refractivity contribution is 5.76. The van der Waals surface area contributed by atoms with Gasteiger partial charge < -0.3 is 10.2 Å². The quantitative estimate of drug-likeness (QED) is 0.731. The number of aromatic hydroxyl groups is 2. The van der Waals surface area contributed by atoms with Gasteiger partial charge in [-0.25, -0.2) is 0 Å². The third-order valence-corrected chi connectivity index (χ3v) is 3.16. The molecular weight excluding hydrogens is 212 g/mol. The minimum atomic E-state index is -0.0798. The normalized spacial score (nSPS) is 10.5. The molecule has 2 N–H and O–H groups in total. The third-order valence-electron chi connectivity index (χ3n) is 3.16. The average molecular weight is 228 g/mol. The van der Waals surface area contributed by atoms with E-state index in [2.05, 4.69) is 0 Å². The summed E-state index contributed by atoms with van der Waals surface area (Å²) in [6.07, 6.45) is 0. The van der Waals surface area contributed by atoms with Gasteiger partial charge in [-0.3, -0.25) is 0 Å². The number of phenols is 2. The molecule has 0 bridgehead atoms. The van der Waals surface area contributed by atoms with Crippen molar-refractivity contribution in [2.45, 2.75) is 20.8 Å². The molecule has 0 aliphatic rings. The Balaban J connectivity index is 2.68.